The topological polar surface area (TPSA) is 94.4 Å². The van der Waals surface area contributed by atoms with Gasteiger partial charge >= 0.3 is 5.69 Å². The Morgan fingerprint density at radius 1 is 1.00 bits per heavy atom. The molecule has 0 aromatic carbocycles. The van der Waals surface area contributed by atoms with E-state index in [4.69, 9.17) is 0 Å². The first kappa shape index (κ1) is 15.5. The van der Waals surface area contributed by atoms with E-state index in [0.29, 0.717) is 23.0 Å². The highest BCUT2D eigenvalue weighted by Gasteiger charge is 2.32. The summed E-state index contributed by atoms with van der Waals surface area (Å²) in [6, 6.07) is 0. The van der Waals surface area contributed by atoms with Gasteiger partial charge in [0.2, 0.25) is 0 Å². The second-order valence-electron chi connectivity index (χ2n) is 6.97. The number of hydrogen-bond acceptors (Lipinski definition) is 3. The highest BCUT2D eigenvalue weighted by molar-refractivity contribution is 5.68. The molecule has 0 spiro atoms. The van der Waals surface area contributed by atoms with Gasteiger partial charge in [-0.1, -0.05) is 34.6 Å². The Labute approximate surface area is 123 Å². The van der Waals surface area contributed by atoms with Crippen LogP contribution < -0.4 is 11.2 Å². The second-order valence-corrected chi connectivity index (χ2v) is 6.97. The first-order valence-electron chi connectivity index (χ1n) is 7.44. The number of rotatable bonds is 5. The quantitative estimate of drug-likeness (QED) is 0.789. The van der Waals surface area contributed by atoms with Crippen molar-refractivity contribution in [2.24, 2.45) is 11.8 Å². The van der Waals surface area contributed by atoms with Crippen molar-refractivity contribution in [3.63, 3.8) is 0 Å². The van der Waals surface area contributed by atoms with Gasteiger partial charge in [-0.2, -0.15) is 0 Å². The van der Waals surface area contributed by atoms with Crippen LogP contribution in [0.15, 0.2) is 9.59 Å². The van der Waals surface area contributed by atoms with Crippen LogP contribution in [0.2, 0.25) is 0 Å². The van der Waals surface area contributed by atoms with Crippen molar-refractivity contribution >= 4 is 11.2 Å². The zero-order chi connectivity index (χ0) is 15.8. The van der Waals surface area contributed by atoms with Crippen molar-refractivity contribution in [2.75, 3.05) is 0 Å². The van der Waals surface area contributed by atoms with E-state index < -0.39 is 11.2 Å². The van der Waals surface area contributed by atoms with Gasteiger partial charge in [0, 0.05) is 5.41 Å². The van der Waals surface area contributed by atoms with E-state index in [-0.39, 0.29) is 5.41 Å². The van der Waals surface area contributed by atoms with Crippen LogP contribution >= 0.6 is 0 Å². The maximum absolute atomic E-state index is 11.8. The normalized spacial score (nSPS) is 12.7. The molecule has 6 nitrogen and oxygen atoms in total. The molecule has 0 aliphatic rings. The van der Waals surface area contributed by atoms with Crippen LogP contribution in [0.1, 0.15) is 53.3 Å². The summed E-state index contributed by atoms with van der Waals surface area (Å²) < 4.78 is 0. The third kappa shape index (κ3) is 3.25. The van der Waals surface area contributed by atoms with Gasteiger partial charge in [0.25, 0.3) is 5.56 Å². The Morgan fingerprint density at radius 3 is 2.10 bits per heavy atom. The summed E-state index contributed by atoms with van der Waals surface area (Å²) >= 11 is 0. The van der Waals surface area contributed by atoms with Crippen LogP contribution in [0, 0.1) is 11.8 Å². The fraction of sp³-hybridized carbons (Fsp3) is 0.667. The number of imidazole rings is 1. The number of nitrogens with one attached hydrogen (secondary N) is 3. The Hall–Kier alpha value is -1.85. The van der Waals surface area contributed by atoms with E-state index in [1.165, 1.54) is 0 Å². The van der Waals surface area contributed by atoms with Crippen LogP contribution in [-0.2, 0) is 5.41 Å². The fourth-order valence-corrected chi connectivity index (χ4v) is 3.30. The summed E-state index contributed by atoms with van der Waals surface area (Å²) in [5.41, 5.74) is -0.435. The Bertz CT molecular complexity index is 726. The molecule has 2 rings (SSSR count). The zero-order valence-corrected chi connectivity index (χ0v) is 13.3. The zero-order valence-electron chi connectivity index (χ0n) is 13.3. The first-order chi connectivity index (χ1) is 9.71. The summed E-state index contributed by atoms with van der Waals surface area (Å²) in [5, 5.41) is 0. The molecule has 0 saturated heterocycles. The molecule has 0 unspecified atom stereocenters. The number of H-pyrrole nitrogens is 3. The van der Waals surface area contributed by atoms with Crippen LogP contribution in [-0.4, -0.2) is 19.9 Å². The highest BCUT2D eigenvalue weighted by Crippen LogP contribution is 2.35. The van der Waals surface area contributed by atoms with E-state index in [9.17, 15) is 9.59 Å². The number of fused-ring (bicyclic) bond motifs is 1. The summed E-state index contributed by atoms with van der Waals surface area (Å²) in [6.07, 6.45) is 1.93. The third-order valence-electron chi connectivity index (χ3n) is 3.68. The highest BCUT2D eigenvalue weighted by atomic mass is 16.2. The van der Waals surface area contributed by atoms with E-state index in [1.54, 1.807) is 0 Å². The first-order valence-corrected chi connectivity index (χ1v) is 7.44. The Morgan fingerprint density at radius 2 is 1.57 bits per heavy atom. The monoisotopic (exact) mass is 292 g/mol. The largest absolute Gasteiger partial charge is 0.336 e. The molecule has 0 aliphatic heterocycles. The molecule has 0 radical (unpaired) electrons. The number of hydrogen-bond donors (Lipinski definition) is 3. The summed E-state index contributed by atoms with van der Waals surface area (Å²) in [6.45, 7) is 10.9. The van der Waals surface area contributed by atoms with E-state index in [1.807, 2.05) is 0 Å². The van der Waals surface area contributed by atoms with Crippen molar-refractivity contribution in [3.8, 4) is 0 Å². The maximum atomic E-state index is 11.8. The van der Waals surface area contributed by atoms with Gasteiger partial charge in [-0.25, -0.2) is 9.78 Å². The van der Waals surface area contributed by atoms with Gasteiger partial charge in [0.05, 0.1) is 0 Å². The summed E-state index contributed by atoms with van der Waals surface area (Å²) in [4.78, 5) is 35.6. The molecule has 0 aliphatic carbocycles. The number of nitrogens with zero attached hydrogens (tertiary/aromatic N) is 1. The summed E-state index contributed by atoms with van der Waals surface area (Å²) in [7, 11) is 0. The van der Waals surface area contributed by atoms with Crippen molar-refractivity contribution in [1.29, 1.82) is 0 Å². The number of aromatic amines is 3. The molecule has 21 heavy (non-hydrogen) atoms. The molecule has 6 heteroatoms. The molecular formula is C15H24N4O2. The van der Waals surface area contributed by atoms with Crippen molar-refractivity contribution < 1.29 is 0 Å². The fourth-order valence-electron chi connectivity index (χ4n) is 3.30. The molecule has 2 heterocycles. The Kier molecular flexibility index (Phi) is 4.07. The van der Waals surface area contributed by atoms with Crippen molar-refractivity contribution in [3.05, 3.63) is 26.7 Å². The van der Waals surface area contributed by atoms with Gasteiger partial charge in [0.1, 0.15) is 11.3 Å². The van der Waals surface area contributed by atoms with E-state index in [0.717, 1.165) is 18.7 Å². The lowest BCUT2D eigenvalue weighted by molar-refractivity contribution is 0.293. The minimum Gasteiger partial charge on any atom is -0.336 e. The van der Waals surface area contributed by atoms with Gasteiger partial charge in [-0.15, -0.1) is 0 Å². The Balaban J connectivity index is 2.57. The molecule has 116 valence electrons. The molecule has 0 saturated carbocycles. The molecule has 3 N–H and O–H groups in total. The summed E-state index contributed by atoms with van der Waals surface area (Å²) in [5.74, 6) is 1.80. The molecule has 2 aromatic rings. The lowest BCUT2D eigenvalue weighted by Crippen LogP contribution is -2.28. The lowest BCUT2D eigenvalue weighted by atomic mass is 9.75. The second kappa shape index (κ2) is 5.50. The van der Waals surface area contributed by atoms with Crippen LogP contribution in [0.25, 0.3) is 11.2 Å². The van der Waals surface area contributed by atoms with Gasteiger partial charge in [0.15, 0.2) is 5.65 Å². The molecule has 0 atom stereocenters. The smallest absolute Gasteiger partial charge is 0.327 e. The van der Waals surface area contributed by atoms with Crippen LogP contribution in [0.5, 0.6) is 0 Å². The minimum absolute atomic E-state index is 0.148. The van der Waals surface area contributed by atoms with Crippen molar-refractivity contribution in [1.82, 2.24) is 19.9 Å². The number of aromatic nitrogens is 4. The van der Waals surface area contributed by atoms with E-state index in [2.05, 4.69) is 54.6 Å². The van der Waals surface area contributed by atoms with Crippen LogP contribution in [0.3, 0.4) is 0 Å². The predicted octanol–water partition coefficient (Wildman–Crippen LogP) is 2.29. The van der Waals surface area contributed by atoms with Crippen molar-refractivity contribution in [2.45, 2.75) is 52.9 Å². The molecule has 0 fully saturated rings. The van der Waals surface area contributed by atoms with Gasteiger partial charge in [-0.3, -0.25) is 14.8 Å². The maximum Gasteiger partial charge on any atom is 0.327 e. The minimum atomic E-state index is -0.528. The van der Waals surface area contributed by atoms with Gasteiger partial charge < -0.3 is 4.98 Å². The van der Waals surface area contributed by atoms with Crippen LogP contribution in [0.4, 0.5) is 0 Å². The SMILES string of the molecule is CC(C)CC(C)(CC(C)C)c1nc2[nH]c(=O)[nH]c(=O)c2[nH]1. The average Bonchev–Trinajstić information content (AvgIpc) is 2.71. The third-order valence-corrected chi connectivity index (χ3v) is 3.68. The van der Waals surface area contributed by atoms with Gasteiger partial charge in [-0.05, 0) is 24.7 Å². The standard InChI is InChI=1S/C15H24N4O2/c1-8(2)6-15(5,7-9(3)4)13-16-10-11(17-13)18-14(21)19-12(10)20/h8-9H,6-7H2,1-5H3,(H3,16,17,18,19,20,21). The predicted molar refractivity (Wildman–Crippen MR) is 83.6 cm³/mol. The lowest BCUT2D eigenvalue weighted by Gasteiger charge is -2.31. The molecule has 0 amide bonds. The molecular weight excluding hydrogens is 268 g/mol. The average molecular weight is 292 g/mol. The molecule has 0 bridgehead atoms. The van der Waals surface area contributed by atoms with E-state index >= 15 is 0 Å². The molecule has 2 aromatic heterocycles.